The summed E-state index contributed by atoms with van der Waals surface area (Å²) in [6, 6.07) is 5.57. The zero-order chi connectivity index (χ0) is 18.6. The summed E-state index contributed by atoms with van der Waals surface area (Å²) in [4.78, 5) is 16.8. The first-order valence-corrected chi connectivity index (χ1v) is 7.99. The number of nitrogens with one attached hydrogen (secondary N) is 1. The normalized spacial score (nSPS) is 11.3. The van der Waals surface area contributed by atoms with E-state index in [9.17, 15) is 18.0 Å². The van der Waals surface area contributed by atoms with Gasteiger partial charge in [0.05, 0.1) is 0 Å². The Morgan fingerprint density at radius 3 is 2.69 bits per heavy atom. The molecule has 0 atom stereocenters. The Hall–Kier alpha value is -3.02. The van der Waals surface area contributed by atoms with Gasteiger partial charge in [-0.2, -0.15) is 0 Å². The number of rotatable bonds is 6. The van der Waals surface area contributed by atoms with Crippen molar-refractivity contribution in [2.45, 2.75) is 19.3 Å². The lowest BCUT2D eigenvalue weighted by atomic mass is 10.1. The smallest absolute Gasteiger partial charge is 0.406 e. The summed E-state index contributed by atoms with van der Waals surface area (Å²) in [5.74, 6) is -0.604. The SMILES string of the molecule is O=C(Cn1cnnn1)Nc1ncc(Cc2ccc(OC(F)(F)F)cc2)s1. The van der Waals surface area contributed by atoms with E-state index in [1.807, 2.05) is 0 Å². The first-order chi connectivity index (χ1) is 12.4. The van der Waals surface area contributed by atoms with Crippen LogP contribution in [0.2, 0.25) is 0 Å². The van der Waals surface area contributed by atoms with Crippen LogP contribution < -0.4 is 10.1 Å². The van der Waals surface area contributed by atoms with Gasteiger partial charge in [0.1, 0.15) is 18.6 Å². The summed E-state index contributed by atoms with van der Waals surface area (Å²) in [6.45, 7) is -0.0391. The quantitative estimate of drug-likeness (QED) is 0.701. The van der Waals surface area contributed by atoms with Crippen LogP contribution in [0, 0.1) is 0 Å². The molecule has 1 N–H and O–H groups in total. The van der Waals surface area contributed by atoms with Crippen LogP contribution >= 0.6 is 11.3 Å². The molecule has 0 aliphatic rings. The summed E-state index contributed by atoms with van der Waals surface area (Å²) >= 11 is 1.27. The number of nitrogens with zero attached hydrogens (tertiary/aromatic N) is 5. The van der Waals surface area contributed by atoms with Crippen LogP contribution in [-0.4, -0.2) is 37.5 Å². The molecule has 3 rings (SSSR count). The molecule has 1 amide bonds. The van der Waals surface area contributed by atoms with Gasteiger partial charge in [0.25, 0.3) is 0 Å². The van der Waals surface area contributed by atoms with Crippen LogP contribution in [0.4, 0.5) is 18.3 Å². The number of carbonyl (C=O) groups is 1. The fourth-order valence-electron chi connectivity index (χ4n) is 2.02. The Bertz CT molecular complexity index is 864. The van der Waals surface area contributed by atoms with E-state index in [0.29, 0.717) is 11.6 Å². The summed E-state index contributed by atoms with van der Waals surface area (Å²) in [6.07, 6.45) is -1.34. The summed E-state index contributed by atoms with van der Waals surface area (Å²) in [5, 5.41) is 13.5. The van der Waals surface area contributed by atoms with E-state index in [0.717, 1.165) is 10.4 Å². The lowest BCUT2D eigenvalue weighted by Crippen LogP contribution is -2.18. The molecular weight excluding hydrogens is 373 g/mol. The van der Waals surface area contributed by atoms with Crippen molar-refractivity contribution in [3.63, 3.8) is 0 Å². The molecule has 0 saturated heterocycles. The average molecular weight is 384 g/mol. The summed E-state index contributed by atoms with van der Waals surface area (Å²) in [7, 11) is 0. The van der Waals surface area contributed by atoms with Gasteiger partial charge in [0, 0.05) is 17.5 Å². The van der Waals surface area contributed by atoms with Gasteiger partial charge in [-0.15, -0.1) is 29.6 Å². The van der Waals surface area contributed by atoms with Gasteiger partial charge >= 0.3 is 6.36 Å². The van der Waals surface area contributed by atoms with Crippen LogP contribution in [0.25, 0.3) is 0 Å². The number of amides is 1. The molecule has 0 unspecified atom stereocenters. The molecule has 0 fully saturated rings. The maximum Gasteiger partial charge on any atom is 0.573 e. The lowest BCUT2D eigenvalue weighted by Gasteiger charge is -2.08. The van der Waals surface area contributed by atoms with Crippen molar-refractivity contribution in [1.29, 1.82) is 0 Å². The predicted molar refractivity (Wildman–Crippen MR) is 84.5 cm³/mol. The average Bonchev–Trinajstić information content (AvgIpc) is 3.20. The highest BCUT2D eigenvalue weighted by Gasteiger charge is 2.30. The minimum absolute atomic E-state index is 0.0391. The topological polar surface area (TPSA) is 94.8 Å². The fraction of sp³-hybridized carbons (Fsp3) is 0.214. The standard InChI is InChI=1S/C14H11F3N6O2S/c15-14(16,17)25-10-3-1-9(2-4-10)5-11-6-18-13(26-11)20-12(24)7-23-8-19-21-22-23/h1-4,6,8H,5,7H2,(H,18,20,24). The van der Waals surface area contributed by atoms with E-state index in [-0.39, 0.29) is 18.2 Å². The number of alkyl halides is 3. The van der Waals surface area contributed by atoms with Crippen molar-refractivity contribution in [2.24, 2.45) is 0 Å². The first kappa shape index (κ1) is 17.8. The number of aromatic nitrogens is 5. The molecule has 0 aliphatic carbocycles. The molecule has 12 heteroatoms. The predicted octanol–water partition coefficient (Wildman–Crippen LogP) is 2.26. The Balaban J connectivity index is 1.55. The van der Waals surface area contributed by atoms with Crippen LogP contribution in [0.1, 0.15) is 10.4 Å². The van der Waals surface area contributed by atoms with Crippen molar-refractivity contribution in [3.05, 3.63) is 47.2 Å². The highest BCUT2D eigenvalue weighted by atomic mass is 32.1. The van der Waals surface area contributed by atoms with Gasteiger partial charge < -0.3 is 10.1 Å². The van der Waals surface area contributed by atoms with Gasteiger partial charge in [-0.25, -0.2) is 9.67 Å². The molecule has 0 aliphatic heterocycles. The number of hydrogen-bond acceptors (Lipinski definition) is 7. The molecule has 136 valence electrons. The third kappa shape index (κ3) is 5.24. The minimum atomic E-state index is -4.71. The second-order valence-electron chi connectivity index (χ2n) is 5.06. The van der Waals surface area contributed by atoms with E-state index in [1.54, 1.807) is 6.20 Å². The maximum absolute atomic E-state index is 12.1. The van der Waals surface area contributed by atoms with Crippen molar-refractivity contribution >= 4 is 22.4 Å². The van der Waals surface area contributed by atoms with Gasteiger partial charge in [-0.05, 0) is 28.1 Å². The molecule has 0 radical (unpaired) electrons. The van der Waals surface area contributed by atoms with Crippen molar-refractivity contribution in [2.75, 3.05) is 5.32 Å². The second-order valence-corrected chi connectivity index (χ2v) is 6.17. The van der Waals surface area contributed by atoms with Gasteiger partial charge in [0.2, 0.25) is 5.91 Å². The Kier molecular flexibility index (Phi) is 5.11. The second kappa shape index (κ2) is 7.47. The van der Waals surface area contributed by atoms with Crippen molar-refractivity contribution < 1.29 is 22.7 Å². The van der Waals surface area contributed by atoms with Gasteiger partial charge in [-0.3, -0.25) is 4.79 Å². The molecule has 26 heavy (non-hydrogen) atoms. The zero-order valence-electron chi connectivity index (χ0n) is 13.0. The molecule has 1 aromatic carbocycles. The maximum atomic E-state index is 12.1. The molecule has 8 nitrogen and oxygen atoms in total. The number of halogens is 3. The van der Waals surface area contributed by atoms with Crippen molar-refractivity contribution in [3.8, 4) is 5.75 Å². The Morgan fingerprint density at radius 1 is 1.27 bits per heavy atom. The summed E-state index contributed by atoms with van der Waals surface area (Å²) < 4.78 is 41.5. The van der Waals surface area contributed by atoms with E-state index < -0.39 is 6.36 Å². The molecule has 3 aromatic rings. The largest absolute Gasteiger partial charge is 0.573 e. The third-order valence-electron chi connectivity index (χ3n) is 3.03. The summed E-state index contributed by atoms with van der Waals surface area (Å²) in [5.41, 5.74) is 0.787. The molecule has 0 bridgehead atoms. The Labute approximate surface area is 148 Å². The minimum Gasteiger partial charge on any atom is -0.406 e. The number of thiazole rings is 1. The van der Waals surface area contributed by atoms with Crippen molar-refractivity contribution in [1.82, 2.24) is 25.2 Å². The monoisotopic (exact) mass is 384 g/mol. The number of carbonyl (C=O) groups excluding carboxylic acids is 1. The van der Waals surface area contributed by atoms with Crippen LogP contribution in [-0.2, 0) is 17.8 Å². The fourth-order valence-corrected chi connectivity index (χ4v) is 2.88. The lowest BCUT2D eigenvalue weighted by molar-refractivity contribution is -0.274. The van der Waals surface area contributed by atoms with E-state index in [1.165, 1.54) is 46.6 Å². The van der Waals surface area contributed by atoms with Crippen LogP contribution in [0.15, 0.2) is 36.8 Å². The number of ether oxygens (including phenoxy) is 1. The molecule has 0 saturated carbocycles. The van der Waals surface area contributed by atoms with E-state index in [4.69, 9.17) is 0 Å². The van der Waals surface area contributed by atoms with Crippen LogP contribution in [0.3, 0.4) is 0 Å². The van der Waals surface area contributed by atoms with Crippen LogP contribution in [0.5, 0.6) is 5.75 Å². The third-order valence-corrected chi connectivity index (χ3v) is 3.95. The number of benzene rings is 1. The molecule has 0 spiro atoms. The van der Waals surface area contributed by atoms with E-state index >= 15 is 0 Å². The molecule has 2 heterocycles. The number of tetrazole rings is 1. The van der Waals surface area contributed by atoms with Gasteiger partial charge in [-0.1, -0.05) is 12.1 Å². The molecule has 2 aromatic heterocycles. The number of hydrogen-bond donors (Lipinski definition) is 1. The zero-order valence-corrected chi connectivity index (χ0v) is 13.8. The highest BCUT2D eigenvalue weighted by Crippen LogP contribution is 2.25. The molecular formula is C14H11F3N6O2S. The van der Waals surface area contributed by atoms with Gasteiger partial charge in [0.15, 0.2) is 5.13 Å². The first-order valence-electron chi connectivity index (χ1n) is 7.17. The highest BCUT2D eigenvalue weighted by molar-refractivity contribution is 7.15. The Morgan fingerprint density at radius 2 is 2.04 bits per heavy atom. The van der Waals surface area contributed by atoms with E-state index in [2.05, 4.69) is 30.6 Å². The number of anilines is 1.